The summed E-state index contributed by atoms with van der Waals surface area (Å²) < 4.78 is 0. The summed E-state index contributed by atoms with van der Waals surface area (Å²) in [5.41, 5.74) is 12.5. The Morgan fingerprint density at radius 3 is 1.65 bits per heavy atom. The quantitative estimate of drug-likeness (QED) is 0.415. The number of hydrogen-bond donors (Lipinski definition) is 2. The summed E-state index contributed by atoms with van der Waals surface area (Å²) in [7, 11) is 0. The van der Waals surface area contributed by atoms with E-state index < -0.39 is 11.3 Å². The number of amides is 1. The molecule has 2 atom stereocenters. The van der Waals surface area contributed by atoms with Crippen molar-refractivity contribution in [2.24, 2.45) is 17.4 Å². The van der Waals surface area contributed by atoms with Gasteiger partial charge in [-0.25, -0.2) is 0 Å². The monoisotopic (exact) mass is 501 g/mol. The highest BCUT2D eigenvalue weighted by Gasteiger charge is 2.51. The lowest BCUT2D eigenvalue weighted by Crippen LogP contribution is -2.68. The van der Waals surface area contributed by atoms with Crippen LogP contribution in [0.4, 0.5) is 0 Å². The van der Waals surface area contributed by atoms with Gasteiger partial charge in [0.15, 0.2) is 0 Å². The number of nitrogens with zero attached hydrogens (tertiary/aromatic N) is 1. The lowest BCUT2D eigenvalue weighted by molar-refractivity contribution is -0.158. The predicted octanol–water partition coefficient (Wildman–Crippen LogP) is 6.67. The summed E-state index contributed by atoms with van der Waals surface area (Å²) in [5.74, 6) is -0.271. The molecule has 1 saturated carbocycles. The van der Waals surface area contributed by atoms with E-state index in [-0.39, 0.29) is 11.8 Å². The van der Waals surface area contributed by atoms with Crippen LogP contribution in [0.3, 0.4) is 0 Å². The molecule has 0 spiro atoms. The van der Waals surface area contributed by atoms with E-state index >= 15 is 0 Å². The van der Waals surface area contributed by atoms with Gasteiger partial charge in [-0.3, -0.25) is 9.69 Å². The van der Waals surface area contributed by atoms with E-state index in [1.54, 1.807) is 41.3 Å². The van der Waals surface area contributed by atoms with Crippen LogP contribution in [0.25, 0.3) is 0 Å². The van der Waals surface area contributed by atoms with E-state index in [9.17, 15) is 4.79 Å². The van der Waals surface area contributed by atoms with Crippen LogP contribution in [0.15, 0.2) is 36.4 Å². The van der Waals surface area contributed by atoms with E-state index in [4.69, 9.17) is 57.9 Å². The largest absolute Gasteiger partial charge is 0.305 e. The number of rotatable bonds is 7. The Morgan fingerprint density at radius 2 is 1.32 bits per heavy atom. The lowest BCUT2D eigenvalue weighted by atomic mass is 9.80. The molecule has 168 valence electrons. The van der Waals surface area contributed by atoms with Crippen molar-refractivity contribution in [1.29, 1.82) is 0 Å². The summed E-state index contributed by atoms with van der Waals surface area (Å²) in [6, 6.07) is 10.5. The first-order valence-corrected chi connectivity index (χ1v) is 11.9. The van der Waals surface area contributed by atoms with Crippen molar-refractivity contribution >= 4 is 52.3 Å². The van der Waals surface area contributed by atoms with Crippen molar-refractivity contribution < 1.29 is 4.79 Å². The van der Waals surface area contributed by atoms with E-state index in [0.29, 0.717) is 44.1 Å². The second-order valence-corrected chi connectivity index (χ2v) is 9.63. The average molecular weight is 503 g/mol. The zero-order chi connectivity index (χ0) is 23.0. The van der Waals surface area contributed by atoms with E-state index in [1.165, 1.54) is 0 Å². The Labute approximate surface area is 203 Å². The van der Waals surface area contributed by atoms with E-state index in [0.717, 1.165) is 19.3 Å². The number of halogens is 4. The molecule has 31 heavy (non-hydrogen) atoms. The van der Waals surface area contributed by atoms with Crippen molar-refractivity contribution in [2.45, 2.75) is 57.3 Å². The highest BCUT2D eigenvalue weighted by atomic mass is 35.5. The smallest absolute Gasteiger partial charge is 0.229 e. The highest BCUT2D eigenvalue weighted by molar-refractivity contribution is 6.43. The van der Waals surface area contributed by atoms with E-state index in [2.05, 4.69) is 0 Å². The van der Waals surface area contributed by atoms with Gasteiger partial charge in [-0.15, -0.1) is 0 Å². The van der Waals surface area contributed by atoms with Gasteiger partial charge in [0, 0.05) is 17.0 Å². The Morgan fingerprint density at radius 1 is 0.903 bits per heavy atom. The number of benzene rings is 2. The molecular formula is C23H27Cl4N3O. The van der Waals surface area contributed by atoms with Crippen molar-refractivity contribution in [2.75, 3.05) is 0 Å². The van der Waals surface area contributed by atoms with Gasteiger partial charge >= 0.3 is 0 Å². The molecular weight excluding hydrogens is 476 g/mol. The SMILES string of the molecule is CCC(N)(c1cccc(Cl)c1Cl)N(C(=O)C1CCC1)C(N)(CC)c1cccc(Cl)c1Cl. The number of nitrogens with two attached hydrogens (primary N) is 2. The molecule has 2 aromatic carbocycles. The molecule has 1 aliphatic rings. The Hall–Kier alpha value is -1.01. The van der Waals surface area contributed by atoms with Crippen LogP contribution in [0.1, 0.15) is 57.1 Å². The summed E-state index contributed by atoms with van der Waals surface area (Å²) in [5, 5.41) is 1.32. The molecule has 3 rings (SSSR count). The third-order valence-electron chi connectivity index (χ3n) is 6.39. The summed E-state index contributed by atoms with van der Waals surface area (Å²) in [4.78, 5) is 15.5. The molecule has 1 aliphatic carbocycles. The molecule has 4 N–H and O–H groups in total. The predicted molar refractivity (Wildman–Crippen MR) is 129 cm³/mol. The number of carbonyl (C=O) groups excluding carboxylic acids is 1. The lowest BCUT2D eigenvalue weighted by Gasteiger charge is -2.53. The highest BCUT2D eigenvalue weighted by Crippen LogP contribution is 2.46. The molecule has 0 saturated heterocycles. The molecule has 2 unspecified atom stereocenters. The summed E-state index contributed by atoms with van der Waals surface area (Å²) >= 11 is 25.8. The van der Waals surface area contributed by atoms with Crippen molar-refractivity contribution in [1.82, 2.24) is 4.90 Å². The molecule has 4 nitrogen and oxygen atoms in total. The molecule has 2 aromatic rings. The van der Waals surface area contributed by atoms with Gasteiger partial charge in [0.05, 0.1) is 20.1 Å². The Balaban J connectivity index is 2.29. The van der Waals surface area contributed by atoms with Crippen LogP contribution in [-0.4, -0.2) is 10.8 Å². The first-order chi connectivity index (χ1) is 14.6. The maximum absolute atomic E-state index is 13.9. The van der Waals surface area contributed by atoms with Crippen LogP contribution in [-0.2, 0) is 16.1 Å². The first kappa shape index (κ1) is 24.6. The molecule has 0 heterocycles. The van der Waals surface area contributed by atoms with Crippen molar-refractivity contribution in [3.8, 4) is 0 Å². The first-order valence-electron chi connectivity index (χ1n) is 10.4. The van der Waals surface area contributed by atoms with Crippen LogP contribution >= 0.6 is 46.4 Å². The summed E-state index contributed by atoms with van der Waals surface area (Å²) in [6.07, 6.45) is 3.31. The fourth-order valence-electron chi connectivity index (χ4n) is 4.20. The van der Waals surface area contributed by atoms with Gasteiger partial charge < -0.3 is 11.5 Å². The molecule has 0 aliphatic heterocycles. The zero-order valence-electron chi connectivity index (χ0n) is 17.6. The van der Waals surface area contributed by atoms with Crippen molar-refractivity contribution in [3.63, 3.8) is 0 Å². The Bertz CT molecular complexity index is 916. The normalized spacial score (nSPS) is 18.1. The molecule has 8 heteroatoms. The van der Waals surface area contributed by atoms with Crippen LogP contribution in [0, 0.1) is 5.92 Å². The minimum absolute atomic E-state index is 0.118. The average Bonchev–Trinajstić information content (AvgIpc) is 2.70. The maximum atomic E-state index is 13.9. The van der Waals surface area contributed by atoms with Crippen LogP contribution in [0.5, 0.6) is 0 Å². The third-order valence-corrected chi connectivity index (χ3v) is 8.02. The van der Waals surface area contributed by atoms with E-state index in [1.807, 2.05) is 13.8 Å². The minimum Gasteiger partial charge on any atom is -0.305 e. The Kier molecular flexibility index (Phi) is 7.52. The topological polar surface area (TPSA) is 72.3 Å². The zero-order valence-corrected chi connectivity index (χ0v) is 20.6. The van der Waals surface area contributed by atoms with Gasteiger partial charge in [0.2, 0.25) is 5.91 Å². The second kappa shape index (κ2) is 9.46. The van der Waals surface area contributed by atoms with Gasteiger partial charge in [0.25, 0.3) is 0 Å². The fraction of sp³-hybridized carbons (Fsp3) is 0.435. The van der Waals surface area contributed by atoms with Crippen molar-refractivity contribution in [3.05, 3.63) is 67.6 Å². The van der Waals surface area contributed by atoms with Crippen LogP contribution < -0.4 is 11.5 Å². The number of carbonyl (C=O) groups is 1. The molecule has 0 bridgehead atoms. The molecule has 0 aromatic heterocycles. The molecule has 0 radical (unpaired) electrons. The number of hydrogen-bond acceptors (Lipinski definition) is 3. The van der Waals surface area contributed by atoms with Gasteiger partial charge in [0.1, 0.15) is 11.3 Å². The minimum atomic E-state index is -1.31. The summed E-state index contributed by atoms with van der Waals surface area (Å²) in [6.45, 7) is 3.79. The third kappa shape index (κ3) is 4.19. The molecule has 1 fully saturated rings. The van der Waals surface area contributed by atoms with Gasteiger partial charge in [-0.2, -0.15) is 0 Å². The van der Waals surface area contributed by atoms with Crippen LogP contribution in [0.2, 0.25) is 20.1 Å². The van der Waals surface area contributed by atoms with Gasteiger partial charge in [-0.1, -0.05) is 90.9 Å². The standard InChI is InChI=1S/C23H27Cl4N3O/c1-3-22(28,15-10-6-12-17(24)19(15)26)30(21(31)14-8-5-9-14)23(29,4-2)16-11-7-13-18(25)20(16)27/h6-7,10-14H,3-5,8-9,28-29H2,1-2H3. The maximum Gasteiger partial charge on any atom is 0.229 e. The molecule has 1 amide bonds. The fourth-order valence-corrected chi connectivity index (χ4v) is 5.13. The van der Waals surface area contributed by atoms with Gasteiger partial charge in [-0.05, 0) is 37.8 Å². The second-order valence-electron chi connectivity index (χ2n) is 8.06.